The predicted octanol–water partition coefficient (Wildman–Crippen LogP) is 4.27. The highest BCUT2D eigenvalue weighted by molar-refractivity contribution is 6.31. The number of ether oxygens (including phenoxy) is 1. The molecule has 7 nitrogen and oxygen atoms in total. The maximum absolute atomic E-state index is 13.0. The number of carbonyl (C=O) groups excluding carboxylic acids is 3. The third-order valence-corrected chi connectivity index (χ3v) is 5.91. The highest BCUT2D eigenvalue weighted by Crippen LogP contribution is 2.28. The molecule has 4 rings (SSSR count). The van der Waals surface area contributed by atoms with Gasteiger partial charge in [0, 0.05) is 35.8 Å². The van der Waals surface area contributed by atoms with Crippen LogP contribution in [0.2, 0.25) is 5.02 Å². The molecule has 1 fully saturated rings. The first kappa shape index (κ1) is 23.3. The molecule has 1 heterocycles. The van der Waals surface area contributed by atoms with E-state index in [2.05, 4.69) is 10.6 Å². The molecule has 2 N–H and O–H groups in total. The third-order valence-electron chi connectivity index (χ3n) is 5.68. The number of benzene rings is 3. The number of methoxy groups -OCH3 is 1. The number of hydrogen-bond donors (Lipinski definition) is 2. The van der Waals surface area contributed by atoms with Crippen LogP contribution in [0.1, 0.15) is 22.3 Å². The first-order valence-electron chi connectivity index (χ1n) is 10.8. The Morgan fingerprint density at radius 3 is 2.62 bits per heavy atom. The van der Waals surface area contributed by atoms with Crippen molar-refractivity contribution in [3.8, 4) is 5.75 Å². The Morgan fingerprint density at radius 2 is 1.82 bits per heavy atom. The lowest BCUT2D eigenvalue weighted by atomic mass is 10.1. The molecule has 34 heavy (non-hydrogen) atoms. The maximum atomic E-state index is 13.0. The summed E-state index contributed by atoms with van der Waals surface area (Å²) in [5, 5.41) is 6.22. The van der Waals surface area contributed by atoms with Crippen LogP contribution in [0.15, 0.2) is 72.8 Å². The average Bonchev–Trinajstić information content (AvgIpc) is 3.25. The van der Waals surface area contributed by atoms with Crippen molar-refractivity contribution in [3.63, 3.8) is 0 Å². The predicted molar refractivity (Wildman–Crippen MR) is 131 cm³/mol. The summed E-state index contributed by atoms with van der Waals surface area (Å²) in [6, 6.07) is 21.2. The van der Waals surface area contributed by atoms with E-state index in [9.17, 15) is 14.4 Å². The second kappa shape index (κ2) is 10.4. The molecule has 1 atom stereocenters. The van der Waals surface area contributed by atoms with Crippen molar-refractivity contribution in [1.82, 2.24) is 5.32 Å². The summed E-state index contributed by atoms with van der Waals surface area (Å²) in [6.45, 7) is 0.518. The van der Waals surface area contributed by atoms with E-state index in [4.69, 9.17) is 16.3 Å². The van der Waals surface area contributed by atoms with E-state index in [1.54, 1.807) is 60.5 Å². The van der Waals surface area contributed by atoms with Gasteiger partial charge in [-0.05, 0) is 36.4 Å². The van der Waals surface area contributed by atoms with Crippen LogP contribution in [0.3, 0.4) is 0 Å². The zero-order chi connectivity index (χ0) is 24.1. The molecular formula is C26H24ClN3O4. The molecule has 174 valence electrons. The van der Waals surface area contributed by atoms with Gasteiger partial charge in [0.1, 0.15) is 5.75 Å². The van der Waals surface area contributed by atoms with Crippen molar-refractivity contribution in [2.45, 2.75) is 13.0 Å². The van der Waals surface area contributed by atoms with Gasteiger partial charge in [-0.15, -0.1) is 0 Å². The average molecular weight is 478 g/mol. The van der Waals surface area contributed by atoms with Crippen molar-refractivity contribution in [2.75, 3.05) is 23.9 Å². The monoisotopic (exact) mass is 477 g/mol. The molecule has 1 aliphatic heterocycles. The molecule has 0 saturated carbocycles. The molecule has 8 heteroatoms. The highest BCUT2D eigenvalue weighted by Gasteiger charge is 2.35. The normalized spacial score (nSPS) is 15.2. The SMILES string of the molecule is COc1ccccc1CNC(=O)c1ccccc1NC(=O)[C@@H]1CC(=O)N(c2cccc(Cl)c2)C1. The molecule has 3 aromatic carbocycles. The number of hydrogen-bond acceptors (Lipinski definition) is 4. The molecule has 0 aromatic heterocycles. The van der Waals surface area contributed by atoms with E-state index in [-0.39, 0.29) is 37.2 Å². The van der Waals surface area contributed by atoms with E-state index in [1.165, 1.54) is 0 Å². The summed E-state index contributed by atoms with van der Waals surface area (Å²) in [4.78, 5) is 39.9. The first-order chi connectivity index (χ1) is 16.5. The van der Waals surface area contributed by atoms with Gasteiger partial charge in [0.05, 0.1) is 24.3 Å². The molecule has 3 amide bonds. The molecule has 1 saturated heterocycles. The number of amides is 3. The van der Waals surface area contributed by atoms with E-state index in [0.29, 0.717) is 27.7 Å². The number of halogens is 1. The smallest absolute Gasteiger partial charge is 0.253 e. The van der Waals surface area contributed by atoms with Gasteiger partial charge in [-0.1, -0.05) is 48.0 Å². The van der Waals surface area contributed by atoms with Crippen molar-refractivity contribution in [1.29, 1.82) is 0 Å². The Kier molecular flexibility index (Phi) is 7.13. The molecule has 1 aliphatic rings. The standard InChI is InChI=1S/C26H24ClN3O4/c1-34-23-12-5-2-7-17(23)15-28-26(33)21-10-3-4-11-22(21)29-25(32)18-13-24(31)30(16-18)20-9-6-8-19(27)14-20/h2-12,14,18H,13,15-16H2,1H3,(H,28,33)(H,29,32)/t18-/m1/s1. The lowest BCUT2D eigenvalue weighted by Crippen LogP contribution is -2.29. The van der Waals surface area contributed by atoms with Gasteiger partial charge in [-0.3, -0.25) is 14.4 Å². The summed E-state index contributed by atoms with van der Waals surface area (Å²) in [6.07, 6.45) is 0.0838. The minimum Gasteiger partial charge on any atom is -0.496 e. The lowest BCUT2D eigenvalue weighted by Gasteiger charge is -2.17. The van der Waals surface area contributed by atoms with Crippen molar-refractivity contribution >= 4 is 40.7 Å². The summed E-state index contributed by atoms with van der Waals surface area (Å²) in [5.41, 5.74) is 2.22. The van der Waals surface area contributed by atoms with Gasteiger partial charge < -0.3 is 20.3 Å². The van der Waals surface area contributed by atoms with Crippen LogP contribution >= 0.6 is 11.6 Å². The van der Waals surface area contributed by atoms with Crippen LogP contribution in [0.4, 0.5) is 11.4 Å². The Hall–Kier alpha value is -3.84. The second-order valence-corrected chi connectivity index (χ2v) is 8.35. The molecule has 0 aliphatic carbocycles. The van der Waals surface area contributed by atoms with E-state index < -0.39 is 5.92 Å². The zero-order valence-corrected chi connectivity index (χ0v) is 19.3. The van der Waals surface area contributed by atoms with Crippen LogP contribution in [0, 0.1) is 5.92 Å². The number of para-hydroxylation sites is 2. The Morgan fingerprint density at radius 1 is 1.06 bits per heavy atom. The molecule has 3 aromatic rings. The maximum Gasteiger partial charge on any atom is 0.253 e. The van der Waals surface area contributed by atoms with E-state index in [1.807, 2.05) is 24.3 Å². The van der Waals surface area contributed by atoms with Gasteiger partial charge >= 0.3 is 0 Å². The van der Waals surface area contributed by atoms with Gasteiger partial charge in [0.2, 0.25) is 11.8 Å². The van der Waals surface area contributed by atoms with Crippen molar-refractivity contribution in [2.24, 2.45) is 5.92 Å². The lowest BCUT2D eigenvalue weighted by molar-refractivity contribution is -0.122. The summed E-state index contributed by atoms with van der Waals surface area (Å²) in [7, 11) is 1.58. The van der Waals surface area contributed by atoms with Gasteiger partial charge in [0.25, 0.3) is 5.91 Å². The largest absolute Gasteiger partial charge is 0.496 e. The van der Waals surface area contributed by atoms with Crippen molar-refractivity contribution in [3.05, 3.63) is 88.9 Å². The number of anilines is 2. The fourth-order valence-electron chi connectivity index (χ4n) is 3.92. The minimum absolute atomic E-state index is 0.0838. The number of nitrogens with zero attached hydrogens (tertiary/aromatic N) is 1. The molecule has 0 bridgehead atoms. The summed E-state index contributed by atoms with van der Waals surface area (Å²) >= 11 is 6.04. The Bertz CT molecular complexity index is 1230. The van der Waals surface area contributed by atoms with Crippen LogP contribution in [0.25, 0.3) is 0 Å². The van der Waals surface area contributed by atoms with Crippen LogP contribution in [-0.2, 0) is 16.1 Å². The number of carbonyl (C=O) groups is 3. The van der Waals surface area contributed by atoms with Crippen molar-refractivity contribution < 1.29 is 19.1 Å². The molecule has 0 radical (unpaired) electrons. The van der Waals surface area contributed by atoms with E-state index in [0.717, 1.165) is 5.56 Å². The fraction of sp³-hybridized carbons (Fsp3) is 0.192. The first-order valence-corrected chi connectivity index (χ1v) is 11.2. The summed E-state index contributed by atoms with van der Waals surface area (Å²) < 4.78 is 5.33. The number of nitrogens with one attached hydrogen (secondary N) is 2. The zero-order valence-electron chi connectivity index (χ0n) is 18.6. The van der Waals surface area contributed by atoms with E-state index >= 15 is 0 Å². The molecular weight excluding hydrogens is 454 g/mol. The molecule has 0 spiro atoms. The Labute approximate surface area is 202 Å². The fourth-order valence-corrected chi connectivity index (χ4v) is 4.11. The quantitative estimate of drug-likeness (QED) is 0.532. The van der Waals surface area contributed by atoms with Gasteiger partial charge in [-0.2, -0.15) is 0 Å². The molecule has 0 unspecified atom stereocenters. The van der Waals surface area contributed by atoms with Crippen LogP contribution < -0.4 is 20.3 Å². The highest BCUT2D eigenvalue weighted by atomic mass is 35.5. The summed E-state index contributed by atoms with van der Waals surface area (Å²) in [5.74, 6) is -0.659. The second-order valence-electron chi connectivity index (χ2n) is 7.91. The van der Waals surface area contributed by atoms with Gasteiger partial charge in [0.15, 0.2) is 0 Å². The minimum atomic E-state index is -0.545. The van der Waals surface area contributed by atoms with Crippen LogP contribution in [-0.4, -0.2) is 31.4 Å². The third kappa shape index (κ3) is 5.21. The van der Waals surface area contributed by atoms with Crippen LogP contribution in [0.5, 0.6) is 5.75 Å². The number of rotatable bonds is 7. The Balaban J connectivity index is 1.43. The topological polar surface area (TPSA) is 87.7 Å². The van der Waals surface area contributed by atoms with Gasteiger partial charge in [-0.25, -0.2) is 0 Å².